The number of aromatic nitrogens is 1. The quantitative estimate of drug-likeness (QED) is 0.917. The van der Waals surface area contributed by atoms with E-state index in [0.29, 0.717) is 17.4 Å². The van der Waals surface area contributed by atoms with Gasteiger partial charge in [0.15, 0.2) is 0 Å². The molecule has 1 aromatic rings. The van der Waals surface area contributed by atoms with Crippen LogP contribution in [0.2, 0.25) is 0 Å². The van der Waals surface area contributed by atoms with E-state index in [1.165, 1.54) is 25.3 Å². The standard InChI is InChI=1S/C17H25F3N4/c18-17(19,20)15-5-4-13(12-21)16(22-15)24-10-6-14(7-11-24)23-8-2-1-3-9-23/h4-5,14H,1-3,6-12,21H2. The van der Waals surface area contributed by atoms with Crippen molar-refractivity contribution in [1.29, 1.82) is 0 Å². The van der Waals surface area contributed by atoms with Crippen LogP contribution in [0.5, 0.6) is 0 Å². The summed E-state index contributed by atoms with van der Waals surface area (Å²) in [5.74, 6) is 0.407. The largest absolute Gasteiger partial charge is 0.433 e. The molecular weight excluding hydrogens is 317 g/mol. The highest BCUT2D eigenvalue weighted by Gasteiger charge is 2.34. The van der Waals surface area contributed by atoms with Gasteiger partial charge in [-0.25, -0.2) is 4.98 Å². The average Bonchev–Trinajstić information content (AvgIpc) is 2.61. The molecule has 0 spiro atoms. The summed E-state index contributed by atoms with van der Waals surface area (Å²) in [5, 5.41) is 0. The molecule has 4 nitrogen and oxygen atoms in total. The number of rotatable bonds is 3. The lowest BCUT2D eigenvalue weighted by Crippen LogP contribution is -2.47. The molecule has 3 heterocycles. The van der Waals surface area contributed by atoms with Crippen LogP contribution in [0.15, 0.2) is 12.1 Å². The van der Waals surface area contributed by atoms with Crippen molar-refractivity contribution < 1.29 is 13.2 Å². The second-order valence-electron chi connectivity index (χ2n) is 6.70. The summed E-state index contributed by atoms with van der Waals surface area (Å²) in [5.41, 5.74) is 5.54. The fourth-order valence-electron chi connectivity index (χ4n) is 3.79. The summed E-state index contributed by atoms with van der Waals surface area (Å²) in [7, 11) is 0. The third kappa shape index (κ3) is 3.83. The van der Waals surface area contributed by atoms with Gasteiger partial charge in [0.25, 0.3) is 0 Å². The molecule has 0 aliphatic carbocycles. The van der Waals surface area contributed by atoms with Crippen LogP contribution in [-0.2, 0) is 12.7 Å². The zero-order valence-corrected chi connectivity index (χ0v) is 13.9. The van der Waals surface area contributed by atoms with Crippen molar-refractivity contribution >= 4 is 5.82 Å². The van der Waals surface area contributed by atoms with E-state index in [2.05, 4.69) is 9.88 Å². The van der Waals surface area contributed by atoms with Crippen LogP contribution in [0, 0.1) is 0 Å². The fraction of sp³-hybridized carbons (Fsp3) is 0.706. The Morgan fingerprint density at radius 1 is 1.04 bits per heavy atom. The Morgan fingerprint density at radius 2 is 1.71 bits per heavy atom. The molecule has 1 aromatic heterocycles. The lowest BCUT2D eigenvalue weighted by Gasteiger charge is -2.41. The smallest absolute Gasteiger partial charge is 0.356 e. The number of halogens is 3. The third-order valence-corrected chi connectivity index (χ3v) is 5.14. The third-order valence-electron chi connectivity index (χ3n) is 5.14. The molecule has 3 rings (SSSR count). The van der Waals surface area contributed by atoms with Crippen LogP contribution in [-0.4, -0.2) is 42.1 Å². The van der Waals surface area contributed by atoms with Gasteiger partial charge in [0.2, 0.25) is 0 Å². The lowest BCUT2D eigenvalue weighted by atomic mass is 9.99. The number of alkyl halides is 3. The number of hydrogen-bond acceptors (Lipinski definition) is 4. The maximum absolute atomic E-state index is 13.0. The van der Waals surface area contributed by atoms with Crippen molar-refractivity contribution in [2.45, 2.75) is 50.9 Å². The van der Waals surface area contributed by atoms with E-state index in [4.69, 9.17) is 5.73 Å². The second kappa shape index (κ2) is 7.27. The molecule has 2 saturated heterocycles. The normalized spacial score (nSPS) is 21.2. The van der Waals surface area contributed by atoms with Gasteiger partial charge in [-0.05, 0) is 44.8 Å². The summed E-state index contributed by atoms with van der Waals surface area (Å²) < 4.78 is 38.9. The lowest BCUT2D eigenvalue weighted by molar-refractivity contribution is -0.141. The second-order valence-corrected chi connectivity index (χ2v) is 6.70. The number of pyridine rings is 1. The molecule has 0 bridgehead atoms. The van der Waals surface area contributed by atoms with Crippen molar-refractivity contribution in [2.75, 3.05) is 31.1 Å². The van der Waals surface area contributed by atoms with Gasteiger partial charge in [0.1, 0.15) is 11.5 Å². The first kappa shape index (κ1) is 17.5. The van der Waals surface area contributed by atoms with Gasteiger partial charge in [-0.3, -0.25) is 0 Å². The zero-order chi connectivity index (χ0) is 17.2. The SMILES string of the molecule is NCc1ccc(C(F)(F)F)nc1N1CCC(N2CCCCC2)CC1. The van der Waals surface area contributed by atoms with Crippen molar-refractivity contribution in [3.8, 4) is 0 Å². The Balaban J connectivity index is 1.71. The van der Waals surface area contributed by atoms with Gasteiger partial charge in [0, 0.05) is 31.2 Å². The molecule has 0 atom stereocenters. The summed E-state index contributed by atoms with van der Waals surface area (Å²) in [4.78, 5) is 8.40. The molecule has 0 saturated carbocycles. The first-order valence-corrected chi connectivity index (χ1v) is 8.75. The van der Waals surface area contributed by atoms with Crippen molar-refractivity contribution in [3.05, 3.63) is 23.4 Å². The Bertz CT molecular complexity index is 547. The summed E-state index contributed by atoms with van der Waals surface area (Å²) in [6.45, 7) is 3.98. The number of anilines is 1. The van der Waals surface area contributed by atoms with Crippen LogP contribution in [0.1, 0.15) is 43.4 Å². The molecule has 2 fully saturated rings. The maximum Gasteiger partial charge on any atom is 0.433 e. The van der Waals surface area contributed by atoms with Gasteiger partial charge >= 0.3 is 6.18 Å². The van der Waals surface area contributed by atoms with Crippen molar-refractivity contribution in [3.63, 3.8) is 0 Å². The van der Waals surface area contributed by atoms with E-state index in [0.717, 1.165) is 45.1 Å². The predicted octanol–water partition coefficient (Wildman–Crippen LogP) is 3.01. The van der Waals surface area contributed by atoms with Crippen LogP contribution < -0.4 is 10.6 Å². The van der Waals surface area contributed by atoms with Crippen molar-refractivity contribution in [2.24, 2.45) is 5.73 Å². The first-order valence-electron chi connectivity index (χ1n) is 8.75. The number of nitrogens with two attached hydrogens (primary N) is 1. The van der Waals surface area contributed by atoms with Crippen molar-refractivity contribution in [1.82, 2.24) is 9.88 Å². The molecule has 2 N–H and O–H groups in total. The predicted molar refractivity (Wildman–Crippen MR) is 87.8 cm³/mol. The minimum absolute atomic E-state index is 0.201. The van der Waals surface area contributed by atoms with Gasteiger partial charge < -0.3 is 15.5 Å². The topological polar surface area (TPSA) is 45.4 Å². The van der Waals surface area contributed by atoms with Gasteiger partial charge in [-0.15, -0.1) is 0 Å². The number of nitrogens with zero attached hydrogens (tertiary/aromatic N) is 3. The Kier molecular flexibility index (Phi) is 5.30. The molecule has 0 amide bonds. The highest BCUT2D eigenvalue weighted by molar-refractivity contribution is 5.48. The van der Waals surface area contributed by atoms with Gasteiger partial charge in [-0.2, -0.15) is 13.2 Å². The summed E-state index contributed by atoms with van der Waals surface area (Å²) >= 11 is 0. The molecule has 134 valence electrons. The first-order chi connectivity index (χ1) is 11.5. The molecule has 24 heavy (non-hydrogen) atoms. The Hall–Kier alpha value is -1.34. The number of piperidine rings is 2. The fourth-order valence-corrected chi connectivity index (χ4v) is 3.79. The van der Waals surface area contributed by atoms with E-state index >= 15 is 0 Å². The van der Waals surface area contributed by atoms with E-state index in [-0.39, 0.29) is 6.54 Å². The minimum Gasteiger partial charge on any atom is -0.356 e. The zero-order valence-electron chi connectivity index (χ0n) is 13.9. The molecule has 2 aliphatic heterocycles. The Labute approximate surface area is 140 Å². The Morgan fingerprint density at radius 3 is 2.29 bits per heavy atom. The van der Waals surface area contributed by atoms with E-state index in [1.807, 2.05) is 4.90 Å². The van der Waals surface area contributed by atoms with E-state index in [1.54, 1.807) is 0 Å². The van der Waals surface area contributed by atoms with Crippen LogP contribution >= 0.6 is 0 Å². The van der Waals surface area contributed by atoms with E-state index < -0.39 is 11.9 Å². The average molecular weight is 342 g/mol. The monoisotopic (exact) mass is 342 g/mol. The molecule has 2 aliphatic rings. The minimum atomic E-state index is -4.42. The highest BCUT2D eigenvalue weighted by atomic mass is 19.4. The summed E-state index contributed by atoms with van der Waals surface area (Å²) in [6.07, 6.45) is 1.35. The molecule has 0 unspecified atom stereocenters. The molecule has 0 radical (unpaired) electrons. The maximum atomic E-state index is 13.0. The van der Waals surface area contributed by atoms with Crippen LogP contribution in [0.4, 0.5) is 19.0 Å². The van der Waals surface area contributed by atoms with E-state index in [9.17, 15) is 13.2 Å². The van der Waals surface area contributed by atoms with Gasteiger partial charge in [-0.1, -0.05) is 12.5 Å². The highest BCUT2D eigenvalue weighted by Crippen LogP contribution is 2.32. The molecule has 7 heteroatoms. The van der Waals surface area contributed by atoms with Crippen LogP contribution in [0.25, 0.3) is 0 Å². The number of likely N-dealkylation sites (tertiary alicyclic amines) is 1. The van der Waals surface area contributed by atoms with Crippen LogP contribution in [0.3, 0.4) is 0 Å². The molecule has 0 aromatic carbocycles. The number of hydrogen-bond donors (Lipinski definition) is 1. The van der Waals surface area contributed by atoms with Gasteiger partial charge in [0.05, 0.1) is 0 Å². The summed E-state index contributed by atoms with van der Waals surface area (Å²) in [6, 6.07) is 3.03. The molecular formula is C17H25F3N4.